The number of nitrogens with one attached hydrogen (secondary N) is 2. The summed E-state index contributed by atoms with van der Waals surface area (Å²) in [6.45, 7) is 2.99. The second-order valence-electron chi connectivity index (χ2n) is 2.34. The minimum atomic E-state index is -0.149. The molecule has 0 aliphatic rings. The molecular formula is C8H18N2O2S2. The van der Waals surface area contributed by atoms with Crippen LogP contribution in [0, 0.1) is 0 Å². The third-order valence-corrected chi connectivity index (χ3v) is 2.80. The Morgan fingerprint density at radius 3 is 1.50 bits per heavy atom. The Kier molecular flexibility index (Phi) is 14.5. The van der Waals surface area contributed by atoms with Crippen molar-refractivity contribution in [3.8, 4) is 0 Å². The smallest absolute Gasteiger partial charge is 0.218 e. The lowest BCUT2D eigenvalue weighted by Gasteiger charge is -2.00. The van der Waals surface area contributed by atoms with Crippen molar-refractivity contribution in [2.75, 3.05) is 24.3 Å². The molecule has 84 valence electrons. The molecule has 0 aliphatic heterocycles. The second-order valence-corrected chi connectivity index (χ2v) is 4.44. The molecular weight excluding hydrogens is 220 g/mol. The number of hydrogen-bond donors (Lipinski definition) is 2. The quantitative estimate of drug-likeness (QED) is 0.714. The predicted molar refractivity (Wildman–Crippen MR) is 64.4 cm³/mol. The summed E-state index contributed by atoms with van der Waals surface area (Å²) in [5.41, 5.74) is 0. The molecule has 2 amide bonds. The number of carbonyl (C=O) groups is 2. The normalized spacial score (nSPS) is 8.29. The minimum absolute atomic E-state index is 0.149. The first-order chi connectivity index (χ1) is 6.54. The van der Waals surface area contributed by atoms with Crippen LogP contribution in [-0.4, -0.2) is 36.1 Å². The SMILES string of the molecule is CC(=O)NCNC(C)=O.CSCSC. The van der Waals surface area contributed by atoms with Crippen molar-refractivity contribution in [2.45, 2.75) is 13.8 Å². The topological polar surface area (TPSA) is 58.2 Å². The lowest BCUT2D eigenvalue weighted by molar-refractivity contribution is -0.120. The Labute approximate surface area is 94.0 Å². The van der Waals surface area contributed by atoms with E-state index in [0.29, 0.717) is 0 Å². The molecule has 2 N–H and O–H groups in total. The number of amides is 2. The zero-order valence-electron chi connectivity index (χ0n) is 9.05. The molecule has 0 saturated carbocycles. The number of carbonyl (C=O) groups excluding carboxylic acids is 2. The van der Waals surface area contributed by atoms with Gasteiger partial charge >= 0.3 is 0 Å². The Balaban J connectivity index is 0. The van der Waals surface area contributed by atoms with Gasteiger partial charge in [0, 0.05) is 18.9 Å². The zero-order chi connectivity index (χ0) is 11.4. The van der Waals surface area contributed by atoms with Crippen molar-refractivity contribution in [1.29, 1.82) is 0 Å². The molecule has 0 heterocycles. The number of hydrogen-bond acceptors (Lipinski definition) is 4. The van der Waals surface area contributed by atoms with E-state index in [4.69, 9.17) is 0 Å². The molecule has 0 unspecified atom stereocenters. The van der Waals surface area contributed by atoms with Gasteiger partial charge in [-0.25, -0.2) is 0 Å². The Morgan fingerprint density at radius 2 is 1.36 bits per heavy atom. The van der Waals surface area contributed by atoms with Gasteiger partial charge in [-0.1, -0.05) is 0 Å². The molecule has 0 saturated heterocycles. The molecule has 0 rings (SSSR count). The van der Waals surface area contributed by atoms with Crippen molar-refractivity contribution < 1.29 is 9.59 Å². The summed E-state index contributed by atoms with van der Waals surface area (Å²) in [4.78, 5) is 20.3. The maximum Gasteiger partial charge on any atom is 0.218 e. The van der Waals surface area contributed by atoms with E-state index in [1.165, 1.54) is 18.9 Å². The summed E-state index contributed by atoms with van der Waals surface area (Å²) in [7, 11) is 0. The van der Waals surface area contributed by atoms with Gasteiger partial charge in [0.15, 0.2) is 0 Å². The summed E-state index contributed by atoms with van der Waals surface area (Å²) in [5, 5.41) is 6.03. The van der Waals surface area contributed by atoms with E-state index in [2.05, 4.69) is 23.1 Å². The van der Waals surface area contributed by atoms with Crippen LogP contribution in [0.4, 0.5) is 0 Å². The van der Waals surface area contributed by atoms with E-state index in [1.54, 1.807) is 0 Å². The predicted octanol–water partition coefficient (Wildman–Crippen LogP) is 0.886. The largest absolute Gasteiger partial charge is 0.339 e. The van der Waals surface area contributed by atoms with E-state index < -0.39 is 0 Å². The molecule has 6 heteroatoms. The van der Waals surface area contributed by atoms with Gasteiger partial charge in [0.1, 0.15) is 0 Å². The standard InChI is InChI=1S/C5H10N2O2.C3H8S2/c1-4(8)6-3-7-5(2)9;1-4-3-5-2/h3H2,1-2H3,(H,6,8)(H,7,9);3H2,1-2H3. The molecule has 0 bridgehead atoms. The highest BCUT2D eigenvalue weighted by Crippen LogP contribution is 2.01. The van der Waals surface area contributed by atoms with Crippen LogP contribution in [-0.2, 0) is 9.59 Å². The summed E-state index contributed by atoms with van der Waals surface area (Å²) in [5.74, 6) is -0.299. The van der Waals surface area contributed by atoms with Gasteiger partial charge in [-0.3, -0.25) is 9.59 Å². The van der Waals surface area contributed by atoms with Crippen molar-refractivity contribution in [3.05, 3.63) is 0 Å². The minimum Gasteiger partial charge on any atom is -0.339 e. The molecule has 0 aromatic heterocycles. The van der Waals surface area contributed by atoms with Gasteiger partial charge in [0.05, 0.1) is 6.67 Å². The summed E-state index contributed by atoms with van der Waals surface area (Å²) >= 11 is 3.73. The lowest BCUT2D eigenvalue weighted by atomic mass is 10.7. The Hall–Kier alpha value is -0.360. The van der Waals surface area contributed by atoms with Crippen LogP contribution in [0.15, 0.2) is 0 Å². The average molecular weight is 238 g/mol. The molecule has 0 aliphatic carbocycles. The van der Waals surface area contributed by atoms with E-state index in [9.17, 15) is 9.59 Å². The summed E-state index contributed by atoms with van der Waals surface area (Å²) in [6.07, 6.45) is 4.22. The molecule has 0 spiro atoms. The molecule has 0 aromatic rings. The fraction of sp³-hybridized carbons (Fsp3) is 0.750. The maximum absolute atomic E-state index is 10.2. The van der Waals surface area contributed by atoms with Crippen molar-refractivity contribution >= 4 is 35.3 Å². The van der Waals surface area contributed by atoms with E-state index in [-0.39, 0.29) is 18.5 Å². The van der Waals surface area contributed by atoms with Crippen LogP contribution < -0.4 is 10.6 Å². The van der Waals surface area contributed by atoms with E-state index >= 15 is 0 Å². The fourth-order valence-electron chi connectivity index (χ4n) is 0.411. The number of rotatable bonds is 4. The summed E-state index contributed by atoms with van der Waals surface area (Å²) in [6, 6.07) is 0. The van der Waals surface area contributed by atoms with Gasteiger partial charge in [-0.05, 0) is 12.5 Å². The molecule has 0 fully saturated rings. The Morgan fingerprint density at radius 1 is 1.00 bits per heavy atom. The molecule has 0 aromatic carbocycles. The van der Waals surface area contributed by atoms with Gasteiger partial charge in [-0.15, -0.1) is 0 Å². The molecule has 14 heavy (non-hydrogen) atoms. The lowest BCUT2D eigenvalue weighted by Crippen LogP contribution is -2.34. The van der Waals surface area contributed by atoms with Gasteiger partial charge in [-0.2, -0.15) is 23.5 Å². The molecule has 4 nitrogen and oxygen atoms in total. The van der Waals surface area contributed by atoms with Gasteiger partial charge in [0.2, 0.25) is 11.8 Å². The highest BCUT2D eigenvalue weighted by molar-refractivity contribution is 8.15. The van der Waals surface area contributed by atoms with E-state index in [0.717, 1.165) is 0 Å². The van der Waals surface area contributed by atoms with Gasteiger partial charge in [0.25, 0.3) is 0 Å². The van der Waals surface area contributed by atoms with Crippen molar-refractivity contribution in [1.82, 2.24) is 10.6 Å². The molecule has 0 radical (unpaired) electrons. The average Bonchev–Trinajstić information content (AvgIpc) is 2.05. The monoisotopic (exact) mass is 238 g/mol. The van der Waals surface area contributed by atoms with Crippen LogP contribution in [0.3, 0.4) is 0 Å². The number of thioether (sulfide) groups is 2. The highest BCUT2D eigenvalue weighted by Gasteiger charge is 1.89. The second kappa shape index (κ2) is 12.6. The van der Waals surface area contributed by atoms with Crippen LogP contribution in [0.5, 0.6) is 0 Å². The zero-order valence-corrected chi connectivity index (χ0v) is 10.7. The van der Waals surface area contributed by atoms with Crippen LogP contribution in [0.1, 0.15) is 13.8 Å². The fourth-order valence-corrected chi connectivity index (χ4v) is 1.35. The first-order valence-electron chi connectivity index (χ1n) is 4.01. The third-order valence-electron chi connectivity index (χ3n) is 0.910. The first-order valence-corrected chi connectivity index (χ1v) is 6.80. The van der Waals surface area contributed by atoms with Crippen molar-refractivity contribution in [3.63, 3.8) is 0 Å². The maximum atomic E-state index is 10.2. The third kappa shape index (κ3) is 22.6. The van der Waals surface area contributed by atoms with E-state index in [1.807, 2.05) is 23.5 Å². The van der Waals surface area contributed by atoms with Crippen LogP contribution >= 0.6 is 23.5 Å². The van der Waals surface area contributed by atoms with Crippen molar-refractivity contribution in [2.24, 2.45) is 0 Å². The van der Waals surface area contributed by atoms with Gasteiger partial charge < -0.3 is 10.6 Å². The Bertz CT molecular complexity index is 149. The van der Waals surface area contributed by atoms with Crippen LogP contribution in [0.25, 0.3) is 0 Å². The van der Waals surface area contributed by atoms with Crippen LogP contribution in [0.2, 0.25) is 0 Å². The first kappa shape index (κ1) is 16.1. The summed E-state index contributed by atoms with van der Waals surface area (Å²) < 4.78 is 0. The molecule has 0 atom stereocenters. The highest BCUT2D eigenvalue weighted by atomic mass is 32.2.